The Morgan fingerprint density at radius 2 is 2.11 bits per heavy atom. The van der Waals surface area contributed by atoms with Crippen LogP contribution in [0.5, 0.6) is 0 Å². The molecule has 6 rings (SSSR count). The number of carbonyl (C=O) groups is 1. The van der Waals surface area contributed by atoms with Gasteiger partial charge in [0.1, 0.15) is 5.69 Å². The molecule has 4 aliphatic carbocycles. The number of aromatic nitrogens is 2. The van der Waals surface area contributed by atoms with E-state index in [9.17, 15) is 9.90 Å². The highest BCUT2D eigenvalue weighted by atomic mass is 32.1. The standard InChI is InChI=1S/C21H26N4O2S/c26-19(25-18-15-6-14-7-16(18)10-21(27,8-14)9-15)17-12-28-20(24-17)23-5-3-13-2-1-4-22-11-13/h1-2,4,11-12,14-16,18,27H,3,5-10H2,(H,23,24)(H,25,26)/t14?,15?,16?,18-,21-. The van der Waals surface area contributed by atoms with Gasteiger partial charge in [0.05, 0.1) is 5.60 Å². The van der Waals surface area contributed by atoms with Gasteiger partial charge >= 0.3 is 0 Å². The number of anilines is 1. The third-order valence-electron chi connectivity index (χ3n) is 6.69. The number of thiazole rings is 1. The molecule has 2 atom stereocenters. The van der Waals surface area contributed by atoms with Crippen molar-refractivity contribution in [3.63, 3.8) is 0 Å². The van der Waals surface area contributed by atoms with Crippen molar-refractivity contribution in [1.82, 2.24) is 15.3 Å². The van der Waals surface area contributed by atoms with Crippen LogP contribution in [-0.4, -0.2) is 39.2 Å². The van der Waals surface area contributed by atoms with Gasteiger partial charge in [0.15, 0.2) is 5.13 Å². The van der Waals surface area contributed by atoms with Crippen molar-refractivity contribution in [1.29, 1.82) is 0 Å². The lowest BCUT2D eigenvalue weighted by Crippen LogP contribution is -2.61. The Morgan fingerprint density at radius 3 is 2.82 bits per heavy atom. The molecule has 4 bridgehead atoms. The predicted molar refractivity (Wildman–Crippen MR) is 108 cm³/mol. The van der Waals surface area contributed by atoms with Crippen molar-refractivity contribution in [3.05, 3.63) is 41.2 Å². The molecule has 0 radical (unpaired) electrons. The number of nitrogens with one attached hydrogen (secondary N) is 2. The zero-order valence-electron chi connectivity index (χ0n) is 15.8. The molecule has 7 heteroatoms. The minimum atomic E-state index is -0.469. The quantitative estimate of drug-likeness (QED) is 0.696. The third-order valence-corrected chi connectivity index (χ3v) is 7.49. The number of carbonyl (C=O) groups excluding carboxylic acids is 1. The molecule has 3 N–H and O–H groups in total. The summed E-state index contributed by atoms with van der Waals surface area (Å²) in [6, 6.07) is 4.17. The number of amides is 1. The fraction of sp³-hybridized carbons (Fsp3) is 0.571. The molecule has 0 aromatic carbocycles. The van der Waals surface area contributed by atoms with Crippen molar-refractivity contribution in [2.75, 3.05) is 11.9 Å². The van der Waals surface area contributed by atoms with E-state index >= 15 is 0 Å². The van der Waals surface area contributed by atoms with Crippen LogP contribution in [0.1, 0.15) is 48.2 Å². The molecule has 2 aromatic heterocycles. The third kappa shape index (κ3) is 3.53. The smallest absolute Gasteiger partial charge is 0.271 e. The van der Waals surface area contributed by atoms with Crippen LogP contribution in [0.2, 0.25) is 0 Å². The molecule has 4 saturated carbocycles. The van der Waals surface area contributed by atoms with E-state index in [1.807, 2.05) is 17.6 Å². The van der Waals surface area contributed by atoms with Gasteiger partial charge in [0, 0.05) is 30.4 Å². The summed E-state index contributed by atoms with van der Waals surface area (Å²) in [4.78, 5) is 21.3. The number of nitrogens with zero attached hydrogens (tertiary/aromatic N) is 2. The number of hydrogen-bond acceptors (Lipinski definition) is 6. The molecular formula is C21H26N4O2S. The van der Waals surface area contributed by atoms with Gasteiger partial charge in [-0.05, 0) is 67.9 Å². The van der Waals surface area contributed by atoms with Gasteiger partial charge in [0.25, 0.3) is 5.91 Å². The van der Waals surface area contributed by atoms with E-state index in [0.717, 1.165) is 50.2 Å². The summed E-state index contributed by atoms with van der Waals surface area (Å²) >= 11 is 1.46. The van der Waals surface area contributed by atoms with Crippen molar-refractivity contribution in [2.45, 2.75) is 50.2 Å². The van der Waals surface area contributed by atoms with Gasteiger partial charge in [-0.15, -0.1) is 11.3 Å². The SMILES string of the molecule is O=C(N[C@H]1C2CC3CC1C[C@](O)(C3)C2)c1csc(NCCc2cccnc2)n1. The summed E-state index contributed by atoms with van der Waals surface area (Å²) < 4.78 is 0. The Hall–Kier alpha value is -1.99. The largest absolute Gasteiger partial charge is 0.390 e. The first-order valence-electron chi connectivity index (χ1n) is 10.2. The highest BCUT2D eigenvalue weighted by Crippen LogP contribution is 2.55. The highest BCUT2D eigenvalue weighted by molar-refractivity contribution is 7.13. The normalized spacial score (nSPS) is 33.0. The molecule has 6 nitrogen and oxygen atoms in total. The summed E-state index contributed by atoms with van der Waals surface area (Å²) in [5.41, 5.74) is 1.19. The second-order valence-electron chi connectivity index (χ2n) is 8.77. The summed E-state index contributed by atoms with van der Waals surface area (Å²) in [5.74, 6) is 1.39. The first-order valence-corrected chi connectivity index (χ1v) is 11.1. The maximum Gasteiger partial charge on any atom is 0.271 e. The molecule has 2 heterocycles. The molecular weight excluding hydrogens is 372 g/mol. The zero-order chi connectivity index (χ0) is 19.1. The number of aliphatic hydroxyl groups is 1. The van der Waals surface area contributed by atoms with Crippen LogP contribution in [0.15, 0.2) is 29.9 Å². The number of rotatable bonds is 6. The van der Waals surface area contributed by atoms with Gasteiger partial charge in [-0.3, -0.25) is 9.78 Å². The lowest BCUT2D eigenvalue weighted by atomic mass is 9.52. The van der Waals surface area contributed by atoms with Crippen LogP contribution in [0.3, 0.4) is 0 Å². The van der Waals surface area contributed by atoms with E-state index < -0.39 is 5.60 Å². The number of hydrogen-bond donors (Lipinski definition) is 3. The molecule has 4 fully saturated rings. The minimum Gasteiger partial charge on any atom is -0.390 e. The van der Waals surface area contributed by atoms with Crippen molar-refractivity contribution >= 4 is 22.4 Å². The van der Waals surface area contributed by atoms with E-state index in [1.54, 1.807) is 6.20 Å². The van der Waals surface area contributed by atoms with Crippen LogP contribution < -0.4 is 10.6 Å². The predicted octanol–water partition coefficient (Wildman–Crippen LogP) is 2.86. The summed E-state index contributed by atoms with van der Waals surface area (Å²) in [6.07, 6.45) is 9.41. The Morgan fingerprint density at radius 1 is 1.29 bits per heavy atom. The fourth-order valence-electron chi connectivity index (χ4n) is 5.76. The molecule has 4 aliphatic rings. The monoisotopic (exact) mass is 398 g/mol. The molecule has 148 valence electrons. The first kappa shape index (κ1) is 18.1. The topological polar surface area (TPSA) is 87.1 Å². The average Bonchev–Trinajstić information content (AvgIpc) is 3.13. The molecule has 28 heavy (non-hydrogen) atoms. The lowest BCUT2D eigenvalue weighted by Gasteiger charge is -2.58. The number of pyridine rings is 1. The Bertz CT molecular complexity index is 839. The van der Waals surface area contributed by atoms with Crippen molar-refractivity contribution in [2.24, 2.45) is 17.8 Å². The van der Waals surface area contributed by atoms with Gasteiger partial charge in [-0.1, -0.05) is 6.07 Å². The highest BCUT2D eigenvalue weighted by Gasteiger charge is 2.55. The molecule has 1 amide bonds. The molecule has 0 aliphatic heterocycles. The van der Waals surface area contributed by atoms with Crippen LogP contribution in [0, 0.1) is 17.8 Å². The Balaban J connectivity index is 1.17. The van der Waals surface area contributed by atoms with Crippen molar-refractivity contribution < 1.29 is 9.90 Å². The molecule has 2 aromatic rings. The zero-order valence-corrected chi connectivity index (χ0v) is 16.6. The fourth-order valence-corrected chi connectivity index (χ4v) is 6.48. The van der Waals surface area contributed by atoms with E-state index in [-0.39, 0.29) is 11.9 Å². The molecule has 0 spiro atoms. The van der Waals surface area contributed by atoms with Gasteiger partial charge in [-0.25, -0.2) is 4.98 Å². The van der Waals surface area contributed by atoms with E-state index in [4.69, 9.17) is 0 Å². The van der Waals surface area contributed by atoms with E-state index in [2.05, 4.69) is 26.7 Å². The maximum absolute atomic E-state index is 12.8. The van der Waals surface area contributed by atoms with Crippen molar-refractivity contribution in [3.8, 4) is 0 Å². The van der Waals surface area contributed by atoms with Crippen LogP contribution >= 0.6 is 11.3 Å². The second-order valence-corrected chi connectivity index (χ2v) is 9.63. The van der Waals surface area contributed by atoms with Crippen LogP contribution in [0.25, 0.3) is 0 Å². The van der Waals surface area contributed by atoms with Crippen LogP contribution in [-0.2, 0) is 6.42 Å². The van der Waals surface area contributed by atoms with Gasteiger partial charge in [0.2, 0.25) is 0 Å². The Kier molecular flexibility index (Phi) is 4.59. The summed E-state index contributed by atoms with van der Waals surface area (Å²) in [7, 11) is 0. The van der Waals surface area contributed by atoms with Gasteiger partial charge in [-0.2, -0.15) is 0 Å². The Labute approximate surface area is 168 Å². The lowest BCUT2D eigenvalue weighted by molar-refractivity contribution is -0.136. The van der Waals surface area contributed by atoms with E-state index in [1.165, 1.54) is 16.9 Å². The molecule has 0 saturated heterocycles. The van der Waals surface area contributed by atoms with Crippen LogP contribution in [0.4, 0.5) is 5.13 Å². The second kappa shape index (κ2) is 7.12. The molecule has 2 unspecified atom stereocenters. The van der Waals surface area contributed by atoms with Gasteiger partial charge < -0.3 is 15.7 Å². The average molecular weight is 399 g/mol. The first-order chi connectivity index (χ1) is 13.6. The summed E-state index contributed by atoms with van der Waals surface area (Å²) in [5, 5.41) is 19.8. The minimum absolute atomic E-state index is 0.0824. The van der Waals surface area contributed by atoms with E-state index in [0.29, 0.717) is 23.4 Å². The summed E-state index contributed by atoms with van der Waals surface area (Å²) in [6.45, 7) is 0.757. The maximum atomic E-state index is 12.8.